The van der Waals surface area contributed by atoms with Crippen LogP contribution in [0.5, 0.6) is 0 Å². The minimum atomic E-state index is -0.314. The summed E-state index contributed by atoms with van der Waals surface area (Å²) in [5, 5.41) is 3.14. The van der Waals surface area contributed by atoms with Crippen LogP contribution in [0.2, 0.25) is 0 Å². The summed E-state index contributed by atoms with van der Waals surface area (Å²) in [4.78, 5) is 12.1. The number of methoxy groups -OCH3 is 1. The van der Waals surface area contributed by atoms with E-state index in [-0.39, 0.29) is 23.7 Å². The molecule has 0 aromatic heterocycles. The Morgan fingerprint density at radius 1 is 1.42 bits per heavy atom. The number of hydrogen-bond acceptors (Lipinski definition) is 4. The van der Waals surface area contributed by atoms with Crippen molar-refractivity contribution >= 4 is 17.7 Å². The Hall–Kier alpha value is -1.07. The predicted molar refractivity (Wildman–Crippen MR) is 75.8 cm³/mol. The third kappa shape index (κ3) is 5.20. The summed E-state index contributed by atoms with van der Waals surface area (Å²) < 4.78 is 18.1. The molecule has 0 saturated carbocycles. The van der Waals surface area contributed by atoms with E-state index in [2.05, 4.69) is 5.32 Å². The highest BCUT2D eigenvalue weighted by atomic mass is 32.2. The number of rotatable bonds is 7. The van der Waals surface area contributed by atoms with Gasteiger partial charge in [0.1, 0.15) is 11.9 Å². The van der Waals surface area contributed by atoms with Crippen molar-refractivity contribution in [3.63, 3.8) is 0 Å². The molecule has 0 aliphatic heterocycles. The molecule has 19 heavy (non-hydrogen) atoms. The fraction of sp³-hybridized carbons (Fsp3) is 0.500. The van der Waals surface area contributed by atoms with Crippen LogP contribution in [-0.4, -0.2) is 31.4 Å². The number of halogens is 1. The van der Waals surface area contributed by atoms with Gasteiger partial charge >= 0.3 is 5.97 Å². The van der Waals surface area contributed by atoms with Gasteiger partial charge in [0, 0.05) is 17.2 Å². The van der Waals surface area contributed by atoms with Crippen LogP contribution in [0.4, 0.5) is 4.39 Å². The third-order valence-electron chi connectivity index (χ3n) is 2.68. The van der Waals surface area contributed by atoms with Gasteiger partial charge in [0.2, 0.25) is 0 Å². The number of carbonyl (C=O) groups excluding carboxylic acids is 1. The molecule has 0 amide bonds. The van der Waals surface area contributed by atoms with Crippen molar-refractivity contribution in [2.24, 2.45) is 5.92 Å². The van der Waals surface area contributed by atoms with E-state index in [9.17, 15) is 9.18 Å². The lowest BCUT2D eigenvalue weighted by Gasteiger charge is -2.19. The van der Waals surface area contributed by atoms with Crippen molar-refractivity contribution in [2.45, 2.75) is 24.8 Å². The molecule has 0 saturated heterocycles. The number of thioether (sulfide) groups is 1. The summed E-state index contributed by atoms with van der Waals surface area (Å²) in [5.41, 5.74) is 0. The molecule has 3 nitrogen and oxygen atoms in total. The second-order valence-corrected chi connectivity index (χ2v) is 5.61. The molecule has 0 spiro atoms. The zero-order valence-corrected chi connectivity index (χ0v) is 12.3. The normalized spacial score (nSPS) is 12.5. The van der Waals surface area contributed by atoms with E-state index >= 15 is 0 Å². The molecule has 1 rings (SSSR count). The summed E-state index contributed by atoms with van der Waals surface area (Å²) in [5.74, 6) is 0.388. The molecule has 1 N–H and O–H groups in total. The minimum Gasteiger partial charge on any atom is -0.468 e. The van der Waals surface area contributed by atoms with Gasteiger partial charge in [0.25, 0.3) is 0 Å². The van der Waals surface area contributed by atoms with Crippen molar-refractivity contribution in [3.8, 4) is 0 Å². The van der Waals surface area contributed by atoms with Gasteiger partial charge in [-0.3, -0.25) is 4.79 Å². The number of benzene rings is 1. The Labute approximate surface area is 117 Å². The molecule has 0 heterocycles. The molecule has 1 aromatic carbocycles. The first kappa shape index (κ1) is 16.0. The van der Waals surface area contributed by atoms with E-state index in [1.165, 1.54) is 24.9 Å². The highest BCUT2D eigenvalue weighted by molar-refractivity contribution is 7.99. The van der Waals surface area contributed by atoms with Gasteiger partial charge in [-0.25, -0.2) is 4.39 Å². The van der Waals surface area contributed by atoms with Crippen LogP contribution < -0.4 is 5.32 Å². The lowest BCUT2D eigenvalue weighted by atomic mass is 10.1. The van der Waals surface area contributed by atoms with Crippen molar-refractivity contribution in [3.05, 3.63) is 30.1 Å². The lowest BCUT2D eigenvalue weighted by molar-refractivity contribution is -0.144. The first-order valence-electron chi connectivity index (χ1n) is 6.24. The number of nitrogens with one attached hydrogen (secondary N) is 1. The Kier molecular flexibility index (Phi) is 6.87. The van der Waals surface area contributed by atoms with Crippen LogP contribution in [-0.2, 0) is 9.53 Å². The zero-order chi connectivity index (χ0) is 14.3. The maximum Gasteiger partial charge on any atom is 0.323 e. The molecule has 5 heteroatoms. The van der Waals surface area contributed by atoms with E-state index in [0.717, 1.165) is 0 Å². The molecule has 0 radical (unpaired) electrons. The van der Waals surface area contributed by atoms with Crippen molar-refractivity contribution in [2.75, 3.05) is 19.4 Å². The number of carbonyl (C=O) groups is 1. The van der Waals surface area contributed by atoms with E-state index < -0.39 is 0 Å². The van der Waals surface area contributed by atoms with Gasteiger partial charge in [-0.2, -0.15) is 0 Å². The first-order valence-corrected chi connectivity index (χ1v) is 7.23. The van der Waals surface area contributed by atoms with Gasteiger partial charge in [-0.05, 0) is 18.1 Å². The second-order valence-electron chi connectivity index (χ2n) is 4.48. The van der Waals surface area contributed by atoms with Crippen LogP contribution in [0, 0.1) is 11.7 Å². The number of hydrogen-bond donors (Lipinski definition) is 1. The lowest BCUT2D eigenvalue weighted by Crippen LogP contribution is -2.42. The van der Waals surface area contributed by atoms with Gasteiger partial charge in [0.05, 0.1) is 7.11 Å². The van der Waals surface area contributed by atoms with Crippen molar-refractivity contribution in [1.29, 1.82) is 0 Å². The molecule has 0 aliphatic rings. The Balaban J connectivity index is 2.37. The van der Waals surface area contributed by atoms with Crippen LogP contribution in [0.25, 0.3) is 0 Å². The van der Waals surface area contributed by atoms with Crippen LogP contribution in [0.15, 0.2) is 29.2 Å². The number of esters is 1. The van der Waals surface area contributed by atoms with E-state index in [1.54, 1.807) is 12.1 Å². The van der Waals surface area contributed by atoms with Crippen LogP contribution in [0.3, 0.4) is 0 Å². The van der Waals surface area contributed by atoms with Gasteiger partial charge < -0.3 is 10.1 Å². The van der Waals surface area contributed by atoms with Gasteiger partial charge in [-0.15, -0.1) is 11.8 Å². The smallest absolute Gasteiger partial charge is 0.323 e. The summed E-state index contributed by atoms with van der Waals surface area (Å²) >= 11 is 1.43. The Morgan fingerprint density at radius 3 is 2.68 bits per heavy atom. The first-order chi connectivity index (χ1) is 9.06. The summed E-state index contributed by atoms with van der Waals surface area (Å²) in [7, 11) is 1.38. The molecule has 0 fully saturated rings. The van der Waals surface area contributed by atoms with Gasteiger partial charge in [0.15, 0.2) is 0 Å². The molecule has 1 unspecified atom stereocenters. The molecular weight excluding hydrogens is 265 g/mol. The summed E-state index contributed by atoms with van der Waals surface area (Å²) in [6.45, 7) is 4.54. The molecule has 1 aromatic rings. The fourth-order valence-electron chi connectivity index (χ4n) is 1.66. The predicted octanol–water partition coefficient (Wildman–Crippen LogP) is 2.71. The largest absolute Gasteiger partial charge is 0.468 e. The monoisotopic (exact) mass is 285 g/mol. The zero-order valence-electron chi connectivity index (χ0n) is 11.5. The van der Waals surface area contributed by atoms with E-state index in [4.69, 9.17) is 4.74 Å². The maximum absolute atomic E-state index is 13.4. The maximum atomic E-state index is 13.4. The van der Waals surface area contributed by atoms with Crippen molar-refractivity contribution < 1.29 is 13.9 Å². The molecule has 1 atom stereocenters. The Bertz CT molecular complexity index is 412. The highest BCUT2D eigenvalue weighted by Crippen LogP contribution is 2.20. The van der Waals surface area contributed by atoms with E-state index in [0.29, 0.717) is 17.2 Å². The Morgan fingerprint density at radius 2 is 2.11 bits per heavy atom. The minimum absolute atomic E-state index is 0.158. The fourth-order valence-corrected chi connectivity index (χ4v) is 2.48. The topological polar surface area (TPSA) is 38.3 Å². The van der Waals surface area contributed by atoms with E-state index in [1.807, 2.05) is 19.9 Å². The molecule has 0 bridgehead atoms. The molecule has 0 aliphatic carbocycles. The average molecular weight is 285 g/mol. The van der Waals surface area contributed by atoms with Crippen LogP contribution in [0.1, 0.15) is 13.8 Å². The quantitative estimate of drug-likeness (QED) is 0.475. The summed E-state index contributed by atoms with van der Waals surface area (Å²) in [6, 6.07) is 6.36. The highest BCUT2D eigenvalue weighted by Gasteiger charge is 2.21. The summed E-state index contributed by atoms with van der Waals surface area (Å²) in [6.07, 6.45) is 0. The number of ether oxygens (including phenoxy) is 1. The van der Waals surface area contributed by atoms with Crippen LogP contribution >= 0.6 is 11.8 Å². The van der Waals surface area contributed by atoms with Gasteiger partial charge in [-0.1, -0.05) is 26.0 Å². The second kappa shape index (κ2) is 8.17. The molecular formula is C14H20FNO2S. The SMILES string of the molecule is COC(=O)C(NCCSc1ccccc1F)C(C)C. The standard InChI is InChI=1S/C14H20FNO2S/c1-10(2)13(14(17)18-3)16-8-9-19-12-7-5-4-6-11(12)15/h4-7,10,13,16H,8-9H2,1-3H3. The van der Waals surface area contributed by atoms with Crippen molar-refractivity contribution in [1.82, 2.24) is 5.32 Å². The third-order valence-corrected chi connectivity index (χ3v) is 3.73. The molecule has 106 valence electrons. The average Bonchev–Trinajstić information content (AvgIpc) is 2.39.